The monoisotopic (exact) mass is 300 g/mol. The fourth-order valence-corrected chi connectivity index (χ4v) is 2.48. The molecule has 0 saturated heterocycles. The number of aromatic amines is 1. The summed E-state index contributed by atoms with van der Waals surface area (Å²) >= 11 is 0. The van der Waals surface area contributed by atoms with Crippen molar-refractivity contribution in [2.45, 2.75) is 26.8 Å². The van der Waals surface area contributed by atoms with Crippen LogP contribution in [0.3, 0.4) is 0 Å². The lowest BCUT2D eigenvalue weighted by Crippen LogP contribution is -2.38. The summed E-state index contributed by atoms with van der Waals surface area (Å²) < 4.78 is 0. The van der Waals surface area contributed by atoms with Gasteiger partial charge in [0.15, 0.2) is 0 Å². The first-order chi connectivity index (χ1) is 10.7. The van der Waals surface area contributed by atoms with Crippen molar-refractivity contribution in [2.24, 2.45) is 0 Å². The van der Waals surface area contributed by atoms with Crippen molar-refractivity contribution in [1.82, 2.24) is 20.4 Å². The highest BCUT2D eigenvalue weighted by molar-refractivity contribution is 5.95. The molecule has 0 unspecified atom stereocenters. The molecule has 1 atom stereocenters. The van der Waals surface area contributed by atoms with Crippen LogP contribution in [0.5, 0.6) is 0 Å². The Labute approximate surface area is 131 Å². The maximum absolute atomic E-state index is 12.5. The van der Waals surface area contributed by atoms with Crippen LogP contribution in [0.4, 0.5) is 0 Å². The molecule has 22 heavy (non-hydrogen) atoms. The second kappa shape index (κ2) is 7.75. The summed E-state index contributed by atoms with van der Waals surface area (Å²) in [7, 11) is 0. The second-order valence-corrected chi connectivity index (χ2v) is 5.33. The van der Waals surface area contributed by atoms with Gasteiger partial charge in [0, 0.05) is 12.2 Å². The number of nitrogens with zero attached hydrogens (tertiary/aromatic N) is 2. The first-order valence-corrected chi connectivity index (χ1v) is 7.73. The van der Waals surface area contributed by atoms with Crippen molar-refractivity contribution in [3.05, 3.63) is 53.3 Å². The van der Waals surface area contributed by atoms with Gasteiger partial charge in [0.1, 0.15) is 0 Å². The molecule has 1 aromatic carbocycles. The smallest absolute Gasteiger partial charge is 0.255 e. The Bertz CT molecular complexity index is 590. The lowest BCUT2D eigenvalue weighted by molar-refractivity contribution is 0.0925. The number of nitrogens with one attached hydrogen (secondary N) is 2. The first-order valence-electron chi connectivity index (χ1n) is 7.73. The van der Waals surface area contributed by atoms with E-state index >= 15 is 0 Å². The largest absolute Gasteiger partial charge is 0.344 e. The first kappa shape index (κ1) is 16.2. The summed E-state index contributed by atoms with van der Waals surface area (Å²) in [5, 5.41) is 9.86. The molecular weight excluding hydrogens is 276 g/mol. The molecule has 0 fully saturated rings. The van der Waals surface area contributed by atoms with Gasteiger partial charge in [-0.2, -0.15) is 5.10 Å². The number of aromatic nitrogens is 2. The van der Waals surface area contributed by atoms with Crippen LogP contribution in [-0.2, 0) is 0 Å². The summed E-state index contributed by atoms with van der Waals surface area (Å²) in [6.45, 7) is 8.82. The summed E-state index contributed by atoms with van der Waals surface area (Å²) in [6.07, 6.45) is 1.57. The quantitative estimate of drug-likeness (QED) is 0.826. The molecule has 0 bridgehead atoms. The third-order valence-corrected chi connectivity index (χ3v) is 3.92. The zero-order valence-corrected chi connectivity index (χ0v) is 13.5. The summed E-state index contributed by atoms with van der Waals surface area (Å²) in [5.41, 5.74) is 2.50. The molecule has 1 heterocycles. The van der Waals surface area contributed by atoms with E-state index in [0.717, 1.165) is 30.9 Å². The zero-order valence-electron chi connectivity index (χ0n) is 13.5. The molecule has 118 valence electrons. The number of H-pyrrole nitrogens is 1. The number of amides is 1. The highest BCUT2D eigenvalue weighted by atomic mass is 16.1. The standard InChI is InChI=1S/C17H24N4O/c1-4-21(5-2)12-16(14-9-7-6-8-10-14)19-17(22)15-11-18-20-13(15)3/h6-11,16H,4-5,12H2,1-3H3,(H,18,20)(H,19,22)/t16-/m1/s1. The van der Waals surface area contributed by atoms with Crippen LogP contribution in [0.2, 0.25) is 0 Å². The lowest BCUT2D eigenvalue weighted by atomic mass is 10.1. The molecule has 5 heteroatoms. The van der Waals surface area contributed by atoms with Gasteiger partial charge in [-0.1, -0.05) is 44.2 Å². The molecule has 2 rings (SSSR count). The van der Waals surface area contributed by atoms with E-state index in [1.54, 1.807) is 6.20 Å². The minimum Gasteiger partial charge on any atom is -0.344 e. The van der Waals surface area contributed by atoms with Crippen LogP contribution in [0.15, 0.2) is 36.5 Å². The maximum Gasteiger partial charge on any atom is 0.255 e. The third-order valence-electron chi connectivity index (χ3n) is 3.92. The van der Waals surface area contributed by atoms with Crippen molar-refractivity contribution < 1.29 is 4.79 Å². The topological polar surface area (TPSA) is 61.0 Å². The highest BCUT2D eigenvalue weighted by Gasteiger charge is 2.19. The van der Waals surface area contributed by atoms with Gasteiger partial charge in [0.2, 0.25) is 0 Å². The fourth-order valence-electron chi connectivity index (χ4n) is 2.48. The highest BCUT2D eigenvalue weighted by Crippen LogP contribution is 2.16. The van der Waals surface area contributed by atoms with E-state index in [0.29, 0.717) is 5.56 Å². The van der Waals surface area contributed by atoms with E-state index in [2.05, 4.69) is 46.4 Å². The number of hydrogen-bond acceptors (Lipinski definition) is 3. The Morgan fingerprint density at radius 1 is 1.27 bits per heavy atom. The molecule has 0 saturated carbocycles. The van der Waals surface area contributed by atoms with E-state index in [-0.39, 0.29) is 11.9 Å². The number of carbonyl (C=O) groups excluding carboxylic acids is 1. The number of rotatable bonds is 7. The minimum atomic E-state index is -0.0905. The van der Waals surface area contributed by atoms with E-state index in [4.69, 9.17) is 0 Å². The van der Waals surface area contributed by atoms with Gasteiger partial charge in [-0.25, -0.2) is 0 Å². The van der Waals surface area contributed by atoms with Crippen molar-refractivity contribution >= 4 is 5.91 Å². The van der Waals surface area contributed by atoms with Crippen LogP contribution in [0.1, 0.15) is 41.5 Å². The molecule has 0 spiro atoms. The Morgan fingerprint density at radius 2 is 1.95 bits per heavy atom. The van der Waals surface area contributed by atoms with E-state index in [1.165, 1.54) is 0 Å². The van der Waals surface area contributed by atoms with Crippen LogP contribution >= 0.6 is 0 Å². The SMILES string of the molecule is CCN(CC)C[C@@H](NC(=O)c1cn[nH]c1C)c1ccccc1. The van der Waals surface area contributed by atoms with Crippen molar-refractivity contribution in [2.75, 3.05) is 19.6 Å². The molecule has 0 aliphatic carbocycles. The second-order valence-electron chi connectivity index (χ2n) is 5.33. The Morgan fingerprint density at radius 3 is 2.50 bits per heavy atom. The van der Waals surface area contributed by atoms with Gasteiger partial charge in [-0.15, -0.1) is 0 Å². The Hall–Kier alpha value is -2.14. The van der Waals surface area contributed by atoms with Gasteiger partial charge >= 0.3 is 0 Å². The van der Waals surface area contributed by atoms with Gasteiger partial charge < -0.3 is 10.2 Å². The van der Waals surface area contributed by atoms with Crippen molar-refractivity contribution in [3.63, 3.8) is 0 Å². The number of likely N-dealkylation sites (N-methyl/N-ethyl adjacent to an activating group) is 1. The predicted octanol–water partition coefficient (Wildman–Crippen LogP) is 2.53. The number of aryl methyl sites for hydroxylation is 1. The van der Waals surface area contributed by atoms with E-state index in [1.807, 2.05) is 25.1 Å². The van der Waals surface area contributed by atoms with E-state index < -0.39 is 0 Å². The number of hydrogen-bond donors (Lipinski definition) is 2. The molecule has 0 radical (unpaired) electrons. The van der Waals surface area contributed by atoms with Crippen LogP contribution in [-0.4, -0.2) is 40.6 Å². The lowest BCUT2D eigenvalue weighted by Gasteiger charge is -2.26. The molecule has 2 aromatic rings. The molecule has 0 aliphatic heterocycles. The zero-order chi connectivity index (χ0) is 15.9. The minimum absolute atomic E-state index is 0.0390. The van der Waals surface area contributed by atoms with Crippen LogP contribution < -0.4 is 5.32 Å². The molecule has 1 aromatic heterocycles. The van der Waals surface area contributed by atoms with Gasteiger partial charge in [0.25, 0.3) is 5.91 Å². The van der Waals surface area contributed by atoms with Gasteiger partial charge in [0.05, 0.1) is 17.8 Å². The van der Waals surface area contributed by atoms with Crippen LogP contribution in [0.25, 0.3) is 0 Å². The van der Waals surface area contributed by atoms with Gasteiger partial charge in [-0.05, 0) is 25.6 Å². The van der Waals surface area contributed by atoms with Crippen molar-refractivity contribution in [3.8, 4) is 0 Å². The summed E-state index contributed by atoms with van der Waals surface area (Å²) in [4.78, 5) is 14.8. The van der Waals surface area contributed by atoms with Crippen LogP contribution in [0, 0.1) is 6.92 Å². The third kappa shape index (κ3) is 3.95. The number of benzene rings is 1. The van der Waals surface area contributed by atoms with E-state index in [9.17, 15) is 4.79 Å². The predicted molar refractivity (Wildman–Crippen MR) is 87.8 cm³/mol. The molecule has 0 aliphatic rings. The summed E-state index contributed by atoms with van der Waals surface area (Å²) in [5.74, 6) is -0.0905. The molecular formula is C17H24N4O. The van der Waals surface area contributed by atoms with Gasteiger partial charge in [-0.3, -0.25) is 9.89 Å². The molecule has 2 N–H and O–H groups in total. The maximum atomic E-state index is 12.5. The fraction of sp³-hybridized carbons (Fsp3) is 0.412. The van der Waals surface area contributed by atoms with Crippen molar-refractivity contribution in [1.29, 1.82) is 0 Å². The molecule has 5 nitrogen and oxygen atoms in total. The Kier molecular flexibility index (Phi) is 5.72. The number of carbonyl (C=O) groups is 1. The molecule has 1 amide bonds. The average Bonchev–Trinajstić information content (AvgIpc) is 2.98. The average molecular weight is 300 g/mol. The summed E-state index contributed by atoms with van der Waals surface area (Å²) in [6, 6.07) is 10.1. The Balaban J connectivity index is 2.17. The normalized spacial score (nSPS) is 12.4.